The number of halogens is 1. The minimum atomic E-state index is -0.578. The van der Waals surface area contributed by atoms with Crippen LogP contribution in [-0.2, 0) is 10.6 Å². The third kappa shape index (κ3) is 4.44. The zero-order valence-electron chi connectivity index (χ0n) is 9.45. The molecule has 16 heavy (non-hydrogen) atoms. The second kappa shape index (κ2) is 5.12. The quantitative estimate of drug-likeness (QED) is 0.811. The van der Waals surface area contributed by atoms with Gasteiger partial charge in [0.1, 0.15) is 5.60 Å². The lowest BCUT2D eigenvalue weighted by atomic mass is 10.2. The normalized spacial score (nSPS) is 11.0. The van der Waals surface area contributed by atoms with Gasteiger partial charge in [-0.25, -0.2) is 14.8 Å². The molecule has 0 saturated carbocycles. The summed E-state index contributed by atoms with van der Waals surface area (Å²) in [6.07, 6.45) is 2.52. The van der Waals surface area contributed by atoms with Crippen LogP contribution in [0.5, 0.6) is 0 Å². The van der Waals surface area contributed by atoms with Crippen LogP contribution in [-0.4, -0.2) is 21.7 Å². The van der Waals surface area contributed by atoms with Crippen LogP contribution >= 0.6 is 11.6 Å². The van der Waals surface area contributed by atoms with Gasteiger partial charge in [-0.3, -0.25) is 5.32 Å². The Morgan fingerprint density at radius 3 is 2.44 bits per heavy atom. The first-order valence-corrected chi connectivity index (χ1v) is 5.31. The Morgan fingerprint density at radius 1 is 1.44 bits per heavy atom. The molecule has 0 saturated heterocycles. The van der Waals surface area contributed by atoms with E-state index < -0.39 is 11.7 Å². The number of anilines is 1. The van der Waals surface area contributed by atoms with Gasteiger partial charge in [-0.2, -0.15) is 0 Å². The van der Waals surface area contributed by atoms with E-state index in [1.54, 1.807) is 33.2 Å². The summed E-state index contributed by atoms with van der Waals surface area (Å²) in [5.41, 5.74) is 0.247. The molecular formula is C10H14ClN3O2. The van der Waals surface area contributed by atoms with Crippen LogP contribution in [0.15, 0.2) is 12.4 Å². The van der Waals surface area contributed by atoms with Crippen molar-refractivity contribution in [1.82, 2.24) is 9.97 Å². The molecule has 0 radical (unpaired) electrons. The summed E-state index contributed by atoms with van der Waals surface area (Å²) in [6.45, 7) is 5.35. The molecule has 0 fully saturated rings. The molecule has 0 spiro atoms. The van der Waals surface area contributed by atoms with Crippen molar-refractivity contribution in [1.29, 1.82) is 0 Å². The predicted octanol–water partition coefficient (Wildman–Crippen LogP) is 2.56. The minimum absolute atomic E-state index is 0.197. The molecule has 5 nitrogen and oxygen atoms in total. The minimum Gasteiger partial charge on any atom is -0.444 e. The summed E-state index contributed by atoms with van der Waals surface area (Å²) in [4.78, 5) is 19.2. The second-order valence-electron chi connectivity index (χ2n) is 4.18. The number of carbonyl (C=O) groups is 1. The second-order valence-corrected chi connectivity index (χ2v) is 4.44. The number of nitrogens with zero attached hydrogens (tertiary/aromatic N) is 2. The topological polar surface area (TPSA) is 64.1 Å². The number of amides is 1. The molecule has 0 aliphatic rings. The zero-order valence-corrected chi connectivity index (χ0v) is 10.2. The number of carbonyl (C=O) groups excluding carboxylic acids is 1. The summed E-state index contributed by atoms with van der Waals surface area (Å²) in [5.74, 6) is 0.537. The number of nitrogens with one attached hydrogen (secondary N) is 1. The molecule has 88 valence electrons. The average Bonchev–Trinajstić information content (AvgIpc) is 2.16. The molecule has 0 bridgehead atoms. The molecule has 0 aliphatic carbocycles. The predicted molar refractivity (Wildman–Crippen MR) is 61.4 cm³/mol. The molecule has 0 aliphatic heterocycles. The molecule has 1 rings (SSSR count). The molecule has 1 aromatic rings. The summed E-state index contributed by atoms with van der Waals surface area (Å²) in [7, 11) is 0. The first-order valence-electron chi connectivity index (χ1n) is 4.77. The molecule has 1 aromatic heterocycles. The van der Waals surface area contributed by atoms with Crippen molar-refractivity contribution in [2.75, 3.05) is 5.32 Å². The third-order valence-electron chi connectivity index (χ3n) is 1.47. The van der Waals surface area contributed by atoms with E-state index in [2.05, 4.69) is 15.3 Å². The highest BCUT2D eigenvalue weighted by Crippen LogP contribution is 2.09. The van der Waals surface area contributed by atoms with Gasteiger partial charge in [0, 0.05) is 18.0 Å². The molecular weight excluding hydrogens is 230 g/mol. The van der Waals surface area contributed by atoms with E-state index in [1.807, 2.05) is 0 Å². The Bertz CT molecular complexity index is 359. The number of aromatic nitrogens is 2. The molecule has 0 unspecified atom stereocenters. The monoisotopic (exact) mass is 243 g/mol. The Morgan fingerprint density at radius 2 is 2.00 bits per heavy atom. The standard InChI is InChI=1S/C10H14ClN3O2/c1-10(2,3)16-9(15)14-8-12-5-7(4-11)6-13-8/h5-6H,4H2,1-3H3,(H,12,13,14,15). The van der Waals surface area contributed by atoms with Gasteiger partial charge in [-0.15, -0.1) is 11.6 Å². The molecule has 1 amide bonds. The van der Waals surface area contributed by atoms with Crippen molar-refractivity contribution >= 4 is 23.6 Å². The van der Waals surface area contributed by atoms with E-state index >= 15 is 0 Å². The molecule has 1 heterocycles. The van der Waals surface area contributed by atoms with E-state index in [4.69, 9.17) is 16.3 Å². The molecule has 6 heteroatoms. The van der Waals surface area contributed by atoms with E-state index in [1.165, 1.54) is 0 Å². The van der Waals surface area contributed by atoms with E-state index in [9.17, 15) is 4.79 Å². The zero-order chi connectivity index (χ0) is 12.2. The van der Waals surface area contributed by atoms with Crippen molar-refractivity contribution in [3.63, 3.8) is 0 Å². The summed E-state index contributed by atoms with van der Waals surface area (Å²) in [6, 6.07) is 0. The van der Waals surface area contributed by atoms with Gasteiger partial charge in [-0.1, -0.05) is 0 Å². The Balaban J connectivity index is 2.56. The average molecular weight is 244 g/mol. The van der Waals surface area contributed by atoms with Crippen molar-refractivity contribution in [3.05, 3.63) is 18.0 Å². The maximum absolute atomic E-state index is 11.3. The summed E-state index contributed by atoms with van der Waals surface area (Å²) < 4.78 is 5.04. The highest BCUT2D eigenvalue weighted by molar-refractivity contribution is 6.17. The highest BCUT2D eigenvalue weighted by Gasteiger charge is 2.16. The van der Waals surface area contributed by atoms with Crippen LogP contribution < -0.4 is 5.32 Å². The van der Waals surface area contributed by atoms with Gasteiger partial charge in [0.05, 0.1) is 5.88 Å². The van der Waals surface area contributed by atoms with Crippen LogP contribution in [0, 0.1) is 0 Å². The van der Waals surface area contributed by atoms with Crippen molar-refractivity contribution < 1.29 is 9.53 Å². The summed E-state index contributed by atoms with van der Waals surface area (Å²) in [5, 5.41) is 2.42. The van der Waals surface area contributed by atoms with Gasteiger partial charge < -0.3 is 4.74 Å². The fourth-order valence-electron chi connectivity index (χ4n) is 0.883. The third-order valence-corrected chi connectivity index (χ3v) is 1.78. The maximum Gasteiger partial charge on any atom is 0.414 e. The fourth-order valence-corrected chi connectivity index (χ4v) is 1.02. The van der Waals surface area contributed by atoms with Crippen molar-refractivity contribution in [2.45, 2.75) is 32.3 Å². The van der Waals surface area contributed by atoms with Gasteiger partial charge in [0.2, 0.25) is 5.95 Å². The van der Waals surface area contributed by atoms with Crippen LogP contribution in [0.2, 0.25) is 0 Å². The van der Waals surface area contributed by atoms with Crippen molar-refractivity contribution in [2.24, 2.45) is 0 Å². The van der Waals surface area contributed by atoms with E-state index in [-0.39, 0.29) is 5.95 Å². The number of hydrogen-bond donors (Lipinski definition) is 1. The first-order chi connectivity index (χ1) is 7.40. The van der Waals surface area contributed by atoms with Gasteiger partial charge in [0.25, 0.3) is 0 Å². The molecule has 0 atom stereocenters. The van der Waals surface area contributed by atoms with Crippen LogP contribution in [0.4, 0.5) is 10.7 Å². The lowest BCUT2D eigenvalue weighted by Crippen LogP contribution is -2.27. The first kappa shape index (κ1) is 12.7. The summed E-state index contributed by atoms with van der Waals surface area (Å²) >= 11 is 5.58. The lowest BCUT2D eigenvalue weighted by molar-refractivity contribution is 0.0634. The number of ether oxygens (including phenoxy) is 1. The Labute approximate surface area is 99.2 Å². The highest BCUT2D eigenvalue weighted by atomic mass is 35.5. The van der Waals surface area contributed by atoms with Crippen LogP contribution in [0.3, 0.4) is 0 Å². The maximum atomic E-state index is 11.3. The number of alkyl halides is 1. The smallest absolute Gasteiger partial charge is 0.414 e. The van der Waals surface area contributed by atoms with Crippen LogP contribution in [0.25, 0.3) is 0 Å². The number of hydrogen-bond acceptors (Lipinski definition) is 4. The van der Waals surface area contributed by atoms with E-state index in [0.717, 1.165) is 5.56 Å². The van der Waals surface area contributed by atoms with Crippen molar-refractivity contribution in [3.8, 4) is 0 Å². The number of rotatable bonds is 2. The van der Waals surface area contributed by atoms with Crippen LogP contribution in [0.1, 0.15) is 26.3 Å². The molecule has 0 aromatic carbocycles. The van der Waals surface area contributed by atoms with E-state index in [0.29, 0.717) is 5.88 Å². The Kier molecular flexibility index (Phi) is 4.06. The fraction of sp³-hybridized carbons (Fsp3) is 0.500. The largest absolute Gasteiger partial charge is 0.444 e. The molecule has 1 N–H and O–H groups in total. The Hall–Kier alpha value is -1.36. The lowest BCUT2D eigenvalue weighted by Gasteiger charge is -2.19. The SMILES string of the molecule is CC(C)(C)OC(=O)Nc1ncc(CCl)cn1. The van der Waals surface area contributed by atoms with Gasteiger partial charge in [0.15, 0.2) is 0 Å². The van der Waals surface area contributed by atoms with Gasteiger partial charge in [-0.05, 0) is 20.8 Å². The van der Waals surface area contributed by atoms with Gasteiger partial charge >= 0.3 is 6.09 Å².